The summed E-state index contributed by atoms with van der Waals surface area (Å²) in [6, 6.07) is 10.4. The second kappa shape index (κ2) is 11.6. The Bertz CT molecular complexity index is 822. The molecule has 1 fully saturated rings. The zero-order valence-corrected chi connectivity index (χ0v) is 17.3. The Balaban J connectivity index is 0.00000210. The van der Waals surface area contributed by atoms with E-state index in [9.17, 15) is 15.0 Å². The number of carbonyl (C=O) groups excluding carboxylic acids is 1. The standard InChI is InChI=1S/C21H23N2O4.2Li/c1-2-27-20(25)15-8-11-21(26,12-9-15)18-14-22-13-10-17(18)19(24)23-16-6-4-3-5-7-16;;/h3-7,10,13-15H,2,8-9,11-12H2,1H3,(H,23,24);;/q-1;2*+1/p-1. The number of esters is 1. The van der Waals surface area contributed by atoms with Crippen LogP contribution in [0.2, 0.25) is 0 Å². The predicted octanol–water partition coefficient (Wildman–Crippen LogP) is -4.16. The van der Waals surface area contributed by atoms with E-state index in [1.807, 2.05) is 6.07 Å². The van der Waals surface area contributed by atoms with E-state index < -0.39 is 11.5 Å². The molecule has 142 valence electrons. The van der Waals surface area contributed by atoms with E-state index in [2.05, 4.69) is 9.98 Å². The Morgan fingerprint density at radius 3 is 2.48 bits per heavy atom. The zero-order chi connectivity index (χ0) is 19.3. The molecule has 1 aliphatic carbocycles. The molecule has 1 heterocycles. The van der Waals surface area contributed by atoms with Crippen molar-refractivity contribution in [1.29, 1.82) is 0 Å². The maximum absolute atomic E-state index is 13.4. The first kappa shape index (κ1) is 25.5. The van der Waals surface area contributed by atoms with Gasteiger partial charge in [0.15, 0.2) is 0 Å². The minimum Gasteiger partial charge on any atom is -0.858 e. The third-order valence-electron chi connectivity index (χ3n) is 4.94. The van der Waals surface area contributed by atoms with Gasteiger partial charge in [0.05, 0.1) is 18.2 Å². The van der Waals surface area contributed by atoms with Crippen LogP contribution in [-0.4, -0.2) is 23.5 Å². The number of aliphatic imine (C=N–C) groups is 1. The molecule has 6 nitrogen and oxygen atoms in total. The van der Waals surface area contributed by atoms with Crippen LogP contribution >= 0.6 is 0 Å². The van der Waals surface area contributed by atoms with E-state index in [1.165, 1.54) is 12.4 Å². The van der Waals surface area contributed by atoms with E-state index in [1.54, 1.807) is 37.3 Å². The topological polar surface area (TPSA) is 97.7 Å². The summed E-state index contributed by atoms with van der Waals surface area (Å²) < 4.78 is 5.06. The molecular weight excluding hydrogens is 358 g/mol. The minimum absolute atomic E-state index is 0. The number of hydrogen-bond donors (Lipinski definition) is 0. The molecule has 1 aliphatic rings. The van der Waals surface area contributed by atoms with Crippen molar-refractivity contribution >= 4 is 17.6 Å². The van der Waals surface area contributed by atoms with E-state index in [0.29, 0.717) is 30.7 Å². The van der Waals surface area contributed by atoms with Gasteiger partial charge in [-0.3, -0.25) is 14.8 Å². The van der Waals surface area contributed by atoms with Crippen molar-refractivity contribution in [3.05, 3.63) is 59.9 Å². The number of nitrogens with zero attached hydrogens (tertiary/aromatic N) is 2. The number of carbonyl (C=O) groups is 1. The molecule has 29 heavy (non-hydrogen) atoms. The number of aromatic nitrogens is 1. The number of benzene rings is 1. The quantitative estimate of drug-likeness (QED) is 0.227. The van der Waals surface area contributed by atoms with Crippen molar-refractivity contribution in [2.24, 2.45) is 10.9 Å². The first-order chi connectivity index (χ1) is 13.0. The molecule has 0 saturated heterocycles. The molecule has 0 aliphatic heterocycles. The molecule has 0 unspecified atom stereocenters. The molecule has 8 heteroatoms. The predicted molar refractivity (Wildman–Crippen MR) is 97.1 cm³/mol. The average Bonchev–Trinajstić information content (AvgIpc) is 2.69. The van der Waals surface area contributed by atoms with Gasteiger partial charge < -0.3 is 14.9 Å². The van der Waals surface area contributed by atoms with Crippen LogP contribution in [0.15, 0.2) is 53.8 Å². The Morgan fingerprint density at radius 2 is 1.86 bits per heavy atom. The van der Waals surface area contributed by atoms with E-state index in [-0.39, 0.29) is 68.0 Å². The molecule has 1 saturated carbocycles. The van der Waals surface area contributed by atoms with Crippen LogP contribution in [-0.2, 0) is 15.1 Å². The molecule has 2 aromatic rings. The number of pyridine rings is 1. The second-order valence-electron chi connectivity index (χ2n) is 6.69. The maximum atomic E-state index is 13.4. The number of para-hydroxylation sites is 1. The average molecular weight is 380 g/mol. The summed E-state index contributed by atoms with van der Waals surface area (Å²) in [5.74, 6) is -0.959. The van der Waals surface area contributed by atoms with Crippen molar-refractivity contribution < 1.29 is 57.5 Å². The van der Waals surface area contributed by atoms with Crippen LogP contribution in [0.4, 0.5) is 5.69 Å². The van der Waals surface area contributed by atoms with Gasteiger partial charge in [-0.1, -0.05) is 36.6 Å². The Morgan fingerprint density at radius 1 is 1.21 bits per heavy atom. The summed E-state index contributed by atoms with van der Waals surface area (Å²) in [6.07, 6.45) is 4.36. The van der Waals surface area contributed by atoms with Gasteiger partial charge in [-0.05, 0) is 55.0 Å². The third kappa shape index (κ3) is 6.22. The van der Waals surface area contributed by atoms with Crippen LogP contribution in [0.3, 0.4) is 0 Å². The van der Waals surface area contributed by atoms with Crippen molar-refractivity contribution in [2.75, 3.05) is 6.61 Å². The molecule has 0 amide bonds. The van der Waals surface area contributed by atoms with E-state index >= 15 is 0 Å². The summed E-state index contributed by atoms with van der Waals surface area (Å²) in [5, 5.41) is 26.1. The first-order valence-corrected chi connectivity index (χ1v) is 9.16. The Labute approximate surface area is 195 Å². The monoisotopic (exact) mass is 380 g/mol. The van der Waals surface area contributed by atoms with Crippen LogP contribution in [0.5, 0.6) is 0 Å². The molecule has 1 aromatic heterocycles. The molecule has 3 rings (SSSR count). The zero-order valence-electron chi connectivity index (χ0n) is 17.3. The van der Waals surface area contributed by atoms with E-state index in [4.69, 9.17) is 4.74 Å². The van der Waals surface area contributed by atoms with Crippen LogP contribution in [0.25, 0.3) is 0 Å². The Kier molecular flexibility index (Phi) is 10.2. The van der Waals surface area contributed by atoms with Gasteiger partial charge in [0.1, 0.15) is 0 Å². The molecule has 0 atom stereocenters. The van der Waals surface area contributed by atoms with Gasteiger partial charge in [0.2, 0.25) is 0 Å². The smallest absolute Gasteiger partial charge is 0.858 e. The van der Waals surface area contributed by atoms with Gasteiger partial charge in [0.25, 0.3) is 0 Å². The van der Waals surface area contributed by atoms with E-state index in [0.717, 1.165) is 0 Å². The van der Waals surface area contributed by atoms with Crippen molar-refractivity contribution in [3.8, 4) is 0 Å². The van der Waals surface area contributed by atoms with Gasteiger partial charge in [-0.2, -0.15) is 0 Å². The van der Waals surface area contributed by atoms with Crippen molar-refractivity contribution in [1.82, 2.24) is 4.98 Å². The molecule has 0 N–H and O–H groups in total. The first-order valence-electron chi connectivity index (χ1n) is 9.16. The molecule has 1 aromatic carbocycles. The van der Waals surface area contributed by atoms with Gasteiger partial charge in [0, 0.05) is 12.4 Å². The molecular formula is C21H22Li2N2O4. The Hall–Kier alpha value is -1.54. The molecule has 0 bridgehead atoms. The summed E-state index contributed by atoms with van der Waals surface area (Å²) in [5.41, 5.74) is -0.277. The second-order valence-corrected chi connectivity index (χ2v) is 6.69. The summed E-state index contributed by atoms with van der Waals surface area (Å²) in [6.45, 7) is 2.10. The fraction of sp³-hybridized carbons (Fsp3) is 0.381. The van der Waals surface area contributed by atoms with Crippen LogP contribution in [0.1, 0.15) is 43.7 Å². The van der Waals surface area contributed by atoms with Crippen LogP contribution < -0.4 is 47.9 Å². The maximum Gasteiger partial charge on any atom is 1.00 e. The van der Waals surface area contributed by atoms with Crippen molar-refractivity contribution in [2.45, 2.75) is 38.2 Å². The molecule has 0 spiro atoms. The fourth-order valence-corrected chi connectivity index (χ4v) is 3.47. The number of rotatable bonds is 5. The summed E-state index contributed by atoms with van der Waals surface area (Å²) >= 11 is 0. The van der Waals surface area contributed by atoms with Gasteiger partial charge >= 0.3 is 43.7 Å². The van der Waals surface area contributed by atoms with Gasteiger partial charge in [-0.25, -0.2) is 0 Å². The largest absolute Gasteiger partial charge is 1.00 e. The van der Waals surface area contributed by atoms with Crippen molar-refractivity contribution in [3.63, 3.8) is 0 Å². The summed E-state index contributed by atoms with van der Waals surface area (Å²) in [4.78, 5) is 20.1. The van der Waals surface area contributed by atoms with Gasteiger partial charge in [-0.15, -0.1) is 0 Å². The molecule has 0 radical (unpaired) electrons. The SMILES string of the molecule is CCOC(=O)C1CCC([O-])(c2cnccc2C([O-])=Nc2ccccc2)CC1.[Li+].[Li+]. The summed E-state index contributed by atoms with van der Waals surface area (Å²) in [7, 11) is 0. The number of hydrogen-bond acceptors (Lipinski definition) is 6. The third-order valence-corrected chi connectivity index (χ3v) is 4.94. The number of ether oxygens (including phenoxy) is 1. The minimum atomic E-state index is -1.45. The normalized spacial score (nSPS) is 21.4. The van der Waals surface area contributed by atoms with Crippen LogP contribution in [0, 0.1) is 5.92 Å². The fourth-order valence-electron chi connectivity index (χ4n) is 3.47.